The Labute approximate surface area is 112 Å². The summed E-state index contributed by atoms with van der Waals surface area (Å²) in [6.45, 7) is 3.82. The molecule has 0 bridgehead atoms. The van der Waals surface area contributed by atoms with E-state index in [2.05, 4.69) is 15.3 Å². The topological polar surface area (TPSA) is 111 Å². The first-order valence-electron chi connectivity index (χ1n) is 5.44. The Balaban J connectivity index is 1.98. The number of rotatable bonds is 4. The number of thiazole rings is 1. The summed E-state index contributed by atoms with van der Waals surface area (Å²) in [5.74, 6) is -0.764. The molecule has 0 aliphatic heterocycles. The summed E-state index contributed by atoms with van der Waals surface area (Å²) < 4.78 is 5.00. The van der Waals surface area contributed by atoms with Crippen molar-refractivity contribution in [2.45, 2.75) is 20.4 Å². The molecule has 3 N–H and O–H groups in total. The molecule has 0 aromatic carbocycles. The fraction of sp³-hybridized carbons (Fsp3) is 0.273. The third kappa shape index (κ3) is 2.97. The van der Waals surface area contributed by atoms with E-state index in [0.29, 0.717) is 5.01 Å². The second-order valence-corrected chi connectivity index (χ2v) is 5.04. The van der Waals surface area contributed by atoms with Gasteiger partial charge in [0, 0.05) is 4.88 Å². The van der Waals surface area contributed by atoms with Gasteiger partial charge in [0.05, 0.1) is 12.2 Å². The Morgan fingerprint density at radius 3 is 2.68 bits per heavy atom. The lowest BCUT2D eigenvalue weighted by Gasteiger charge is -1.98. The summed E-state index contributed by atoms with van der Waals surface area (Å²) in [4.78, 5) is 31.6. The molecular formula is C11H12N4O3S. The summed E-state index contributed by atoms with van der Waals surface area (Å²) in [5.41, 5.74) is 5.90. The van der Waals surface area contributed by atoms with Gasteiger partial charge < -0.3 is 15.5 Å². The van der Waals surface area contributed by atoms with Gasteiger partial charge in [-0.25, -0.2) is 9.97 Å². The van der Waals surface area contributed by atoms with Crippen LogP contribution in [0.15, 0.2) is 10.7 Å². The molecule has 2 aromatic rings. The Hall–Kier alpha value is -2.22. The molecule has 0 saturated heterocycles. The summed E-state index contributed by atoms with van der Waals surface area (Å²) in [6.07, 6.45) is 1.15. The Morgan fingerprint density at radius 1 is 1.42 bits per heavy atom. The number of nitrogens with one attached hydrogen (secondary N) is 1. The Kier molecular flexibility index (Phi) is 3.61. The van der Waals surface area contributed by atoms with E-state index in [0.717, 1.165) is 16.8 Å². The van der Waals surface area contributed by atoms with Gasteiger partial charge in [0.25, 0.3) is 11.8 Å². The quantitative estimate of drug-likeness (QED) is 0.859. The maximum Gasteiger partial charge on any atom is 0.280 e. The standard InChI is InChI=1S/C11H12N4O3S/c1-5-6(2)19-11(14-5)10(17)13-3-8-15-7(4-18-8)9(12)16/h4H,3H2,1-2H3,(H2,12,16)(H,13,17). The van der Waals surface area contributed by atoms with Gasteiger partial charge in [-0.3, -0.25) is 9.59 Å². The second-order valence-electron chi connectivity index (χ2n) is 3.83. The molecule has 2 rings (SSSR count). The second kappa shape index (κ2) is 5.19. The van der Waals surface area contributed by atoms with Gasteiger partial charge in [-0.2, -0.15) is 0 Å². The highest BCUT2D eigenvalue weighted by molar-refractivity contribution is 7.13. The van der Waals surface area contributed by atoms with Gasteiger partial charge >= 0.3 is 0 Å². The Bertz CT molecular complexity index is 612. The average molecular weight is 280 g/mol. The maximum absolute atomic E-state index is 11.8. The zero-order valence-corrected chi connectivity index (χ0v) is 11.2. The summed E-state index contributed by atoms with van der Waals surface area (Å²) in [6, 6.07) is 0. The van der Waals surface area contributed by atoms with E-state index in [1.807, 2.05) is 13.8 Å². The molecule has 0 radical (unpaired) electrons. The summed E-state index contributed by atoms with van der Waals surface area (Å²) >= 11 is 1.32. The number of oxazole rings is 1. The third-order valence-electron chi connectivity index (χ3n) is 2.43. The van der Waals surface area contributed by atoms with Gasteiger partial charge in [0.1, 0.15) is 6.26 Å². The molecule has 7 nitrogen and oxygen atoms in total. The van der Waals surface area contributed by atoms with Crippen LogP contribution in [0, 0.1) is 13.8 Å². The molecule has 0 spiro atoms. The van der Waals surface area contributed by atoms with Crippen LogP contribution < -0.4 is 11.1 Å². The van der Waals surface area contributed by atoms with Crippen LogP contribution in [0.1, 0.15) is 36.8 Å². The van der Waals surface area contributed by atoms with Gasteiger partial charge in [0.2, 0.25) is 5.89 Å². The fourth-order valence-electron chi connectivity index (χ4n) is 1.31. The number of carbonyl (C=O) groups is 2. The van der Waals surface area contributed by atoms with E-state index < -0.39 is 5.91 Å². The lowest BCUT2D eigenvalue weighted by atomic mass is 10.4. The van der Waals surface area contributed by atoms with Crippen LogP contribution in [0.3, 0.4) is 0 Å². The predicted molar refractivity (Wildman–Crippen MR) is 67.8 cm³/mol. The molecule has 0 saturated carbocycles. The largest absolute Gasteiger partial charge is 0.446 e. The number of nitrogens with two attached hydrogens (primary N) is 1. The van der Waals surface area contributed by atoms with E-state index in [1.54, 1.807) is 0 Å². The predicted octanol–water partition coefficient (Wildman–Crippen LogP) is 0.777. The van der Waals surface area contributed by atoms with Crippen molar-refractivity contribution in [1.82, 2.24) is 15.3 Å². The number of hydrogen-bond donors (Lipinski definition) is 2. The number of amides is 2. The van der Waals surface area contributed by atoms with Crippen molar-refractivity contribution in [1.29, 1.82) is 0 Å². The maximum atomic E-state index is 11.8. The molecule has 19 heavy (non-hydrogen) atoms. The third-order valence-corrected chi connectivity index (χ3v) is 3.50. The van der Waals surface area contributed by atoms with Crippen LogP contribution >= 0.6 is 11.3 Å². The first kappa shape index (κ1) is 13.2. The highest BCUT2D eigenvalue weighted by atomic mass is 32.1. The van der Waals surface area contributed by atoms with E-state index in [1.165, 1.54) is 11.3 Å². The lowest BCUT2D eigenvalue weighted by molar-refractivity contribution is 0.0946. The minimum Gasteiger partial charge on any atom is -0.446 e. The van der Waals surface area contributed by atoms with Crippen molar-refractivity contribution >= 4 is 23.2 Å². The van der Waals surface area contributed by atoms with Crippen molar-refractivity contribution < 1.29 is 14.0 Å². The van der Waals surface area contributed by atoms with Crippen molar-refractivity contribution in [2.75, 3.05) is 0 Å². The zero-order valence-electron chi connectivity index (χ0n) is 10.4. The highest BCUT2D eigenvalue weighted by Gasteiger charge is 2.14. The van der Waals surface area contributed by atoms with Crippen molar-refractivity contribution in [3.8, 4) is 0 Å². The van der Waals surface area contributed by atoms with E-state index in [-0.39, 0.29) is 24.0 Å². The van der Waals surface area contributed by atoms with Crippen LogP contribution in [0.4, 0.5) is 0 Å². The van der Waals surface area contributed by atoms with E-state index in [4.69, 9.17) is 10.2 Å². The van der Waals surface area contributed by atoms with Gasteiger partial charge in [-0.15, -0.1) is 11.3 Å². The molecular weight excluding hydrogens is 268 g/mol. The number of hydrogen-bond acceptors (Lipinski definition) is 6. The fourth-order valence-corrected chi connectivity index (χ4v) is 2.14. The first-order chi connectivity index (χ1) is 8.97. The minimum absolute atomic E-state index is 0.0326. The monoisotopic (exact) mass is 280 g/mol. The van der Waals surface area contributed by atoms with Gasteiger partial charge in [-0.05, 0) is 13.8 Å². The van der Waals surface area contributed by atoms with E-state index in [9.17, 15) is 9.59 Å². The molecule has 0 atom stereocenters. The Morgan fingerprint density at radius 2 is 2.16 bits per heavy atom. The molecule has 2 amide bonds. The summed E-state index contributed by atoms with van der Waals surface area (Å²) in [5, 5.41) is 2.99. The molecule has 2 heterocycles. The van der Waals surface area contributed by atoms with Crippen LogP contribution in [0.2, 0.25) is 0 Å². The smallest absolute Gasteiger partial charge is 0.280 e. The normalized spacial score (nSPS) is 10.4. The number of aromatic nitrogens is 2. The van der Waals surface area contributed by atoms with Crippen LogP contribution in [0.25, 0.3) is 0 Å². The number of aryl methyl sites for hydroxylation is 2. The van der Waals surface area contributed by atoms with Crippen molar-refractivity contribution in [3.63, 3.8) is 0 Å². The first-order valence-corrected chi connectivity index (χ1v) is 6.25. The van der Waals surface area contributed by atoms with Gasteiger partial charge in [0.15, 0.2) is 10.7 Å². The molecule has 0 aliphatic rings. The number of nitrogens with zero attached hydrogens (tertiary/aromatic N) is 2. The molecule has 0 unspecified atom stereocenters. The molecule has 8 heteroatoms. The molecule has 100 valence electrons. The minimum atomic E-state index is -0.674. The van der Waals surface area contributed by atoms with Crippen molar-refractivity contribution in [2.24, 2.45) is 5.73 Å². The number of carbonyl (C=O) groups excluding carboxylic acids is 2. The average Bonchev–Trinajstić information content (AvgIpc) is 2.94. The molecule has 0 aliphatic carbocycles. The van der Waals surface area contributed by atoms with Crippen LogP contribution in [0.5, 0.6) is 0 Å². The SMILES string of the molecule is Cc1nc(C(=O)NCc2nc(C(N)=O)co2)sc1C. The molecule has 2 aromatic heterocycles. The number of primary amides is 1. The van der Waals surface area contributed by atoms with E-state index >= 15 is 0 Å². The lowest BCUT2D eigenvalue weighted by Crippen LogP contribution is -2.23. The van der Waals surface area contributed by atoms with Crippen LogP contribution in [-0.2, 0) is 6.54 Å². The van der Waals surface area contributed by atoms with Crippen LogP contribution in [-0.4, -0.2) is 21.8 Å². The highest BCUT2D eigenvalue weighted by Crippen LogP contribution is 2.16. The molecule has 0 fully saturated rings. The van der Waals surface area contributed by atoms with Gasteiger partial charge in [-0.1, -0.05) is 0 Å². The van der Waals surface area contributed by atoms with Crippen molar-refractivity contribution in [3.05, 3.63) is 33.4 Å². The summed E-state index contributed by atoms with van der Waals surface area (Å²) in [7, 11) is 0. The zero-order chi connectivity index (χ0) is 14.0.